The molecule has 144 valence electrons. The van der Waals surface area contributed by atoms with Crippen LogP contribution in [0.1, 0.15) is 17.7 Å². The van der Waals surface area contributed by atoms with Crippen molar-refractivity contribution in [1.82, 2.24) is 9.88 Å². The quantitative estimate of drug-likeness (QED) is 0.602. The van der Waals surface area contributed by atoms with Crippen LogP contribution in [0.4, 0.5) is 0 Å². The van der Waals surface area contributed by atoms with E-state index in [9.17, 15) is 4.79 Å². The highest BCUT2D eigenvalue weighted by atomic mass is 35.5. The first-order chi connectivity index (χ1) is 11.8. The highest BCUT2D eigenvalue weighted by molar-refractivity contribution is 7.98. The standard InChI is InChI=1S/C19H25N3OS.2ClH/c20-11-14-22(13-9-17-6-2-1-3-7-17)19(23)10-15-24-16-18-8-4-5-12-21-18;;/h1-8,12H,9-11,13-16,20H2;2*1H. The summed E-state index contributed by atoms with van der Waals surface area (Å²) in [6, 6.07) is 16.1. The first-order valence-corrected chi connectivity index (χ1v) is 9.44. The zero-order chi connectivity index (χ0) is 17.0. The van der Waals surface area contributed by atoms with Crippen molar-refractivity contribution in [1.29, 1.82) is 0 Å². The average Bonchev–Trinajstić information content (AvgIpc) is 2.64. The van der Waals surface area contributed by atoms with E-state index < -0.39 is 0 Å². The predicted octanol–water partition coefficient (Wildman–Crippen LogP) is 3.58. The molecule has 1 aromatic heterocycles. The van der Waals surface area contributed by atoms with Crippen molar-refractivity contribution < 1.29 is 4.79 Å². The summed E-state index contributed by atoms with van der Waals surface area (Å²) in [5, 5.41) is 0. The van der Waals surface area contributed by atoms with Crippen LogP contribution < -0.4 is 5.73 Å². The van der Waals surface area contributed by atoms with Crippen molar-refractivity contribution in [3.05, 3.63) is 66.0 Å². The lowest BCUT2D eigenvalue weighted by atomic mass is 10.1. The number of halogens is 2. The second-order valence-corrected chi connectivity index (χ2v) is 6.63. The number of aromatic nitrogens is 1. The van der Waals surface area contributed by atoms with Gasteiger partial charge in [-0.1, -0.05) is 36.4 Å². The van der Waals surface area contributed by atoms with Crippen LogP contribution >= 0.6 is 36.6 Å². The van der Waals surface area contributed by atoms with Crippen LogP contribution in [0.2, 0.25) is 0 Å². The van der Waals surface area contributed by atoms with Crippen molar-refractivity contribution in [3.8, 4) is 0 Å². The zero-order valence-corrected chi connectivity index (χ0v) is 17.2. The van der Waals surface area contributed by atoms with Gasteiger partial charge in [-0.3, -0.25) is 9.78 Å². The minimum Gasteiger partial charge on any atom is -0.341 e. The largest absolute Gasteiger partial charge is 0.341 e. The summed E-state index contributed by atoms with van der Waals surface area (Å²) in [6.45, 7) is 1.85. The third kappa shape index (κ3) is 9.43. The monoisotopic (exact) mass is 415 g/mol. The fourth-order valence-corrected chi connectivity index (χ4v) is 3.25. The third-order valence-electron chi connectivity index (χ3n) is 3.70. The molecule has 1 amide bonds. The number of hydrogen-bond donors (Lipinski definition) is 1. The van der Waals surface area contributed by atoms with Crippen LogP contribution in [0.15, 0.2) is 54.7 Å². The number of carbonyl (C=O) groups excluding carboxylic acids is 1. The van der Waals surface area contributed by atoms with Crippen molar-refractivity contribution in [3.63, 3.8) is 0 Å². The van der Waals surface area contributed by atoms with Crippen molar-refractivity contribution >= 4 is 42.5 Å². The van der Waals surface area contributed by atoms with E-state index in [1.165, 1.54) is 5.56 Å². The third-order valence-corrected chi connectivity index (χ3v) is 4.69. The lowest BCUT2D eigenvalue weighted by Gasteiger charge is -2.22. The summed E-state index contributed by atoms with van der Waals surface area (Å²) in [6.07, 6.45) is 3.22. The maximum absolute atomic E-state index is 12.4. The van der Waals surface area contributed by atoms with E-state index in [2.05, 4.69) is 17.1 Å². The number of benzene rings is 1. The summed E-state index contributed by atoms with van der Waals surface area (Å²) in [5.74, 6) is 1.83. The highest BCUT2D eigenvalue weighted by Gasteiger charge is 2.12. The predicted molar refractivity (Wildman–Crippen MR) is 115 cm³/mol. The number of carbonyl (C=O) groups is 1. The van der Waals surface area contributed by atoms with Crippen LogP contribution in [0, 0.1) is 0 Å². The van der Waals surface area contributed by atoms with E-state index in [1.807, 2.05) is 41.3 Å². The molecule has 2 aromatic rings. The molecular weight excluding hydrogens is 389 g/mol. The van der Waals surface area contributed by atoms with Crippen LogP contribution in [0.3, 0.4) is 0 Å². The maximum Gasteiger partial charge on any atom is 0.223 e. The molecule has 0 fully saturated rings. The molecule has 0 aliphatic heterocycles. The van der Waals surface area contributed by atoms with Crippen LogP contribution in [-0.4, -0.2) is 41.2 Å². The Bertz CT molecular complexity index is 602. The van der Waals surface area contributed by atoms with E-state index in [1.54, 1.807) is 18.0 Å². The molecule has 0 aliphatic carbocycles. The van der Waals surface area contributed by atoms with E-state index in [-0.39, 0.29) is 30.7 Å². The number of nitrogens with zero attached hydrogens (tertiary/aromatic N) is 2. The fourth-order valence-electron chi connectivity index (χ4n) is 2.40. The molecule has 0 unspecified atom stereocenters. The van der Waals surface area contributed by atoms with Gasteiger partial charge in [0, 0.05) is 43.8 Å². The Labute approximate surface area is 172 Å². The van der Waals surface area contributed by atoms with E-state index in [4.69, 9.17) is 5.73 Å². The minimum absolute atomic E-state index is 0. The molecule has 0 bridgehead atoms. The molecule has 0 aliphatic rings. The van der Waals surface area contributed by atoms with Gasteiger partial charge in [0.15, 0.2) is 0 Å². The molecule has 4 nitrogen and oxygen atoms in total. The van der Waals surface area contributed by atoms with E-state index in [0.717, 1.165) is 30.2 Å². The van der Waals surface area contributed by atoms with E-state index in [0.29, 0.717) is 19.5 Å². The summed E-state index contributed by atoms with van der Waals surface area (Å²) < 4.78 is 0. The van der Waals surface area contributed by atoms with Crippen molar-refractivity contribution in [2.24, 2.45) is 5.73 Å². The van der Waals surface area contributed by atoms with Gasteiger partial charge < -0.3 is 10.6 Å². The second kappa shape index (κ2) is 14.9. The Morgan fingerprint density at radius 3 is 2.42 bits per heavy atom. The minimum atomic E-state index is 0. The number of amides is 1. The molecule has 0 spiro atoms. The average molecular weight is 416 g/mol. The Kier molecular flexibility index (Phi) is 14.1. The molecule has 2 N–H and O–H groups in total. The van der Waals surface area contributed by atoms with Gasteiger partial charge in [0.05, 0.1) is 5.69 Å². The molecular formula is C19H27Cl2N3OS. The molecule has 1 aromatic carbocycles. The normalized spacial score (nSPS) is 9.73. The number of rotatable bonds is 10. The van der Waals surface area contributed by atoms with Crippen molar-refractivity contribution in [2.45, 2.75) is 18.6 Å². The van der Waals surface area contributed by atoms with Crippen LogP contribution in [-0.2, 0) is 17.0 Å². The van der Waals surface area contributed by atoms with Gasteiger partial charge in [-0.2, -0.15) is 11.8 Å². The Morgan fingerprint density at radius 2 is 1.77 bits per heavy atom. The first kappa shape index (κ1) is 24.7. The lowest BCUT2D eigenvalue weighted by molar-refractivity contribution is -0.130. The number of thioether (sulfide) groups is 1. The lowest BCUT2D eigenvalue weighted by Crippen LogP contribution is -2.37. The molecule has 2 rings (SSSR count). The van der Waals surface area contributed by atoms with Crippen LogP contribution in [0.25, 0.3) is 0 Å². The van der Waals surface area contributed by atoms with Gasteiger partial charge in [-0.25, -0.2) is 0 Å². The Morgan fingerprint density at radius 1 is 1.04 bits per heavy atom. The molecule has 0 atom stereocenters. The van der Waals surface area contributed by atoms with Gasteiger partial charge >= 0.3 is 0 Å². The number of nitrogens with two attached hydrogens (primary N) is 1. The molecule has 26 heavy (non-hydrogen) atoms. The van der Waals surface area contributed by atoms with Gasteiger partial charge in [0.1, 0.15) is 0 Å². The second-order valence-electron chi connectivity index (χ2n) is 5.53. The molecule has 0 radical (unpaired) electrons. The maximum atomic E-state index is 12.4. The zero-order valence-electron chi connectivity index (χ0n) is 14.8. The fraction of sp³-hybridized carbons (Fsp3) is 0.368. The first-order valence-electron chi connectivity index (χ1n) is 8.29. The molecule has 0 saturated heterocycles. The summed E-state index contributed by atoms with van der Waals surface area (Å²) in [5.41, 5.74) is 7.96. The highest BCUT2D eigenvalue weighted by Crippen LogP contribution is 2.12. The smallest absolute Gasteiger partial charge is 0.223 e. The summed E-state index contributed by atoms with van der Waals surface area (Å²) in [7, 11) is 0. The van der Waals surface area contributed by atoms with Gasteiger partial charge in [0.2, 0.25) is 5.91 Å². The SMILES string of the molecule is Cl.Cl.NCCN(CCc1ccccc1)C(=O)CCSCc1ccccn1. The summed E-state index contributed by atoms with van der Waals surface area (Å²) >= 11 is 1.74. The van der Waals surface area contributed by atoms with Gasteiger partial charge in [-0.05, 0) is 24.1 Å². The number of hydrogen-bond acceptors (Lipinski definition) is 4. The van der Waals surface area contributed by atoms with E-state index >= 15 is 0 Å². The molecule has 7 heteroatoms. The molecule has 0 saturated carbocycles. The Hall–Kier alpha value is -1.27. The van der Waals surface area contributed by atoms with Crippen LogP contribution in [0.5, 0.6) is 0 Å². The Balaban J connectivity index is 0.00000312. The van der Waals surface area contributed by atoms with Gasteiger partial charge in [-0.15, -0.1) is 24.8 Å². The molecule has 1 heterocycles. The number of pyridine rings is 1. The topological polar surface area (TPSA) is 59.2 Å². The van der Waals surface area contributed by atoms with Gasteiger partial charge in [0.25, 0.3) is 0 Å². The summed E-state index contributed by atoms with van der Waals surface area (Å²) in [4.78, 5) is 18.6. The van der Waals surface area contributed by atoms with Crippen molar-refractivity contribution in [2.75, 3.05) is 25.4 Å².